The molecule has 0 fully saturated rings. The van der Waals surface area contributed by atoms with Crippen molar-refractivity contribution in [2.24, 2.45) is 5.73 Å². The molecule has 0 aliphatic rings. The van der Waals surface area contributed by atoms with Crippen LogP contribution in [0.3, 0.4) is 0 Å². The van der Waals surface area contributed by atoms with Gasteiger partial charge >= 0.3 is 0 Å². The number of sulfonamides is 1. The summed E-state index contributed by atoms with van der Waals surface area (Å²) in [5.74, 6) is -0.0483. The van der Waals surface area contributed by atoms with Gasteiger partial charge in [-0.2, -0.15) is 0 Å². The second-order valence-electron chi connectivity index (χ2n) is 3.76. The average Bonchev–Trinajstić information content (AvgIpc) is 2.39. The number of hydrogen-bond donors (Lipinski definition) is 2. The average molecular weight is 333 g/mol. The van der Waals surface area contributed by atoms with Crippen molar-refractivity contribution in [3.05, 3.63) is 46.2 Å². The minimum absolute atomic E-state index is 0.00405. The highest BCUT2D eigenvalue weighted by Gasteiger charge is 2.21. The first-order chi connectivity index (χ1) is 9.44. The normalized spacial score (nSPS) is 11.3. The molecule has 0 amide bonds. The van der Waals surface area contributed by atoms with Crippen molar-refractivity contribution in [2.75, 3.05) is 4.72 Å². The van der Waals surface area contributed by atoms with Crippen LogP contribution in [0.25, 0.3) is 0 Å². The van der Waals surface area contributed by atoms with Gasteiger partial charge in [0.2, 0.25) is 5.95 Å². The van der Waals surface area contributed by atoms with E-state index in [0.29, 0.717) is 10.6 Å². The zero-order valence-corrected chi connectivity index (χ0v) is 12.4. The van der Waals surface area contributed by atoms with Crippen molar-refractivity contribution in [3.63, 3.8) is 0 Å². The van der Waals surface area contributed by atoms with E-state index in [1.54, 1.807) is 6.07 Å². The summed E-state index contributed by atoms with van der Waals surface area (Å²) < 4.78 is 26.7. The van der Waals surface area contributed by atoms with Crippen LogP contribution in [0.15, 0.2) is 35.5 Å². The van der Waals surface area contributed by atoms with Crippen molar-refractivity contribution in [2.45, 2.75) is 11.4 Å². The van der Waals surface area contributed by atoms with Crippen molar-refractivity contribution >= 4 is 39.2 Å². The van der Waals surface area contributed by atoms with E-state index < -0.39 is 10.0 Å². The maximum Gasteiger partial charge on any atom is 0.265 e. The number of rotatable bonds is 4. The van der Waals surface area contributed by atoms with E-state index >= 15 is 0 Å². The highest BCUT2D eigenvalue weighted by atomic mass is 35.5. The fourth-order valence-electron chi connectivity index (χ4n) is 1.46. The van der Waals surface area contributed by atoms with Crippen molar-refractivity contribution in [1.82, 2.24) is 9.97 Å². The maximum absolute atomic E-state index is 12.2. The topological polar surface area (TPSA) is 98.0 Å². The summed E-state index contributed by atoms with van der Waals surface area (Å²) in [4.78, 5) is 7.44. The second kappa shape index (κ2) is 5.92. The lowest BCUT2D eigenvalue weighted by atomic mass is 10.2. The first-order valence-electron chi connectivity index (χ1n) is 5.42. The Labute approximate surface area is 126 Å². The van der Waals surface area contributed by atoms with Gasteiger partial charge in [-0.1, -0.05) is 23.2 Å². The number of hydrogen-bond acceptors (Lipinski definition) is 5. The molecule has 0 unspecified atom stereocenters. The van der Waals surface area contributed by atoms with Crippen molar-refractivity contribution < 1.29 is 8.42 Å². The van der Waals surface area contributed by atoms with Crippen LogP contribution in [0, 0.1) is 0 Å². The Kier molecular flexibility index (Phi) is 4.44. The summed E-state index contributed by atoms with van der Waals surface area (Å²) in [6.45, 7) is 0.0976. The van der Waals surface area contributed by atoms with Crippen LogP contribution in [-0.2, 0) is 16.6 Å². The Bertz CT molecular complexity index is 723. The highest BCUT2D eigenvalue weighted by Crippen LogP contribution is 2.29. The molecule has 106 valence electrons. The van der Waals surface area contributed by atoms with Gasteiger partial charge in [-0.25, -0.2) is 23.1 Å². The molecule has 0 spiro atoms. The van der Waals surface area contributed by atoms with Crippen molar-refractivity contribution in [1.29, 1.82) is 0 Å². The molecular weight excluding hydrogens is 323 g/mol. The Hall–Kier alpha value is -1.41. The third-order valence-electron chi connectivity index (χ3n) is 2.40. The van der Waals surface area contributed by atoms with Gasteiger partial charge in [0.25, 0.3) is 10.0 Å². The Balaban J connectivity index is 2.44. The molecule has 0 radical (unpaired) electrons. The number of benzene rings is 1. The van der Waals surface area contributed by atoms with E-state index in [2.05, 4.69) is 14.7 Å². The van der Waals surface area contributed by atoms with Gasteiger partial charge in [0, 0.05) is 24.0 Å². The lowest BCUT2D eigenvalue weighted by Crippen LogP contribution is -2.16. The molecule has 0 bridgehead atoms. The smallest absolute Gasteiger partial charge is 0.265 e. The van der Waals surface area contributed by atoms with Gasteiger partial charge < -0.3 is 5.73 Å². The number of aromatic nitrogens is 2. The molecular formula is C11H10Cl2N4O2S. The van der Waals surface area contributed by atoms with Gasteiger partial charge in [0.15, 0.2) is 0 Å². The number of nitrogens with one attached hydrogen (secondary N) is 1. The third kappa shape index (κ3) is 3.18. The van der Waals surface area contributed by atoms with Gasteiger partial charge in [0.05, 0.1) is 5.02 Å². The molecule has 1 heterocycles. The molecule has 0 saturated carbocycles. The van der Waals surface area contributed by atoms with Gasteiger partial charge in [-0.3, -0.25) is 0 Å². The number of nitrogens with two attached hydrogens (primary N) is 1. The molecule has 6 nitrogen and oxygen atoms in total. The van der Waals surface area contributed by atoms with E-state index in [1.807, 2.05) is 0 Å². The summed E-state index contributed by atoms with van der Waals surface area (Å²) in [5.41, 5.74) is 5.98. The molecule has 3 N–H and O–H groups in total. The molecule has 20 heavy (non-hydrogen) atoms. The molecule has 0 saturated heterocycles. The Morgan fingerprint density at radius 1 is 1.15 bits per heavy atom. The lowest BCUT2D eigenvalue weighted by Gasteiger charge is -2.10. The zero-order valence-electron chi connectivity index (χ0n) is 10.0. The predicted molar refractivity (Wildman–Crippen MR) is 77.2 cm³/mol. The van der Waals surface area contributed by atoms with Gasteiger partial charge in [-0.05, 0) is 23.8 Å². The van der Waals surface area contributed by atoms with Crippen LogP contribution in [0.5, 0.6) is 0 Å². The van der Waals surface area contributed by atoms with E-state index in [9.17, 15) is 8.42 Å². The van der Waals surface area contributed by atoms with Crippen LogP contribution >= 0.6 is 23.2 Å². The fourth-order valence-corrected chi connectivity index (χ4v) is 3.29. The molecule has 0 aliphatic carbocycles. The largest absolute Gasteiger partial charge is 0.326 e. The summed E-state index contributed by atoms with van der Waals surface area (Å²) in [5, 5.41) is 0.308. The first kappa shape index (κ1) is 15.0. The molecule has 0 atom stereocenters. The monoisotopic (exact) mass is 332 g/mol. The summed E-state index contributed by atoms with van der Waals surface area (Å²) in [6.07, 6.45) is 2.83. The predicted octanol–water partition coefficient (Wildman–Crippen LogP) is 2.04. The molecule has 2 aromatic rings. The number of nitrogens with zero attached hydrogens (tertiary/aromatic N) is 2. The zero-order chi connectivity index (χ0) is 14.8. The number of anilines is 1. The van der Waals surface area contributed by atoms with Crippen LogP contribution in [-0.4, -0.2) is 18.4 Å². The fraction of sp³-hybridized carbons (Fsp3) is 0.0909. The van der Waals surface area contributed by atoms with Gasteiger partial charge in [0.1, 0.15) is 4.90 Å². The molecule has 1 aromatic carbocycles. The van der Waals surface area contributed by atoms with Crippen molar-refractivity contribution in [3.8, 4) is 0 Å². The standard InChI is InChI=1S/C11H10Cl2N4O2S/c12-8-5-9(13)10(4-7(8)6-14)20(18,19)17-11-15-2-1-3-16-11/h1-5H,6,14H2,(H,15,16,17). The molecule has 9 heteroatoms. The lowest BCUT2D eigenvalue weighted by molar-refractivity contribution is 0.600. The van der Waals surface area contributed by atoms with Crippen LogP contribution in [0.1, 0.15) is 5.56 Å². The molecule has 2 rings (SSSR count). The maximum atomic E-state index is 12.2. The third-order valence-corrected chi connectivity index (χ3v) is 4.55. The summed E-state index contributed by atoms with van der Waals surface area (Å²) in [7, 11) is -3.91. The number of halogens is 2. The Morgan fingerprint density at radius 3 is 2.40 bits per heavy atom. The summed E-state index contributed by atoms with van der Waals surface area (Å²) in [6, 6.07) is 4.24. The van der Waals surface area contributed by atoms with E-state index in [1.165, 1.54) is 24.5 Å². The van der Waals surface area contributed by atoms with Crippen LogP contribution in [0.2, 0.25) is 10.0 Å². The first-order valence-corrected chi connectivity index (χ1v) is 7.66. The van der Waals surface area contributed by atoms with Gasteiger partial charge in [-0.15, -0.1) is 0 Å². The minimum atomic E-state index is -3.91. The minimum Gasteiger partial charge on any atom is -0.326 e. The Morgan fingerprint density at radius 2 is 1.80 bits per heavy atom. The highest BCUT2D eigenvalue weighted by molar-refractivity contribution is 7.92. The van der Waals surface area contributed by atoms with E-state index in [4.69, 9.17) is 28.9 Å². The second-order valence-corrected chi connectivity index (χ2v) is 6.22. The van der Waals surface area contributed by atoms with Crippen LogP contribution in [0.4, 0.5) is 5.95 Å². The molecule has 0 aliphatic heterocycles. The SMILES string of the molecule is NCc1cc(S(=O)(=O)Nc2ncccn2)c(Cl)cc1Cl. The molecule has 1 aromatic heterocycles. The van der Waals surface area contributed by atoms with E-state index in [-0.39, 0.29) is 22.4 Å². The van der Waals surface area contributed by atoms with Crippen LogP contribution < -0.4 is 10.5 Å². The quantitative estimate of drug-likeness (QED) is 0.892. The van der Waals surface area contributed by atoms with E-state index in [0.717, 1.165) is 0 Å². The summed E-state index contributed by atoms with van der Waals surface area (Å²) >= 11 is 11.8.